The maximum absolute atomic E-state index is 8.97. The average molecular weight is 186 g/mol. The van der Waals surface area contributed by atoms with Gasteiger partial charge in [0.15, 0.2) is 0 Å². The Morgan fingerprint density at radius 3 is 2.77 bits per heavy atom. The van der Waals surface area contributed by atoms with Crippen LogP contribution in [-0.4, -0.2) is 73.5 Å². The van der Waals surface area contributed by atoms with Crippen molar-refractivity contribution in [2.45, 2.75) is 12.1 Å². The highest BCUT2D eigenvalue weighted by molar-refractivity contribution is 4.88. The molecule has 0 aliphatic carbocycles. The Kier molecular flexibility index (Phi) is 2.83. The molecule has 0 saturated carbocycles. The summed E-state index contributed by atoms with van der Waals surface area (Å²) < 4.78 is 5.40. The van der Waals surface area contributed by atoms with Crippen LogP contribution in [0.15, 0.2) is 0 Å². The molecule has 0 aromatic rings. The Morgan fingerprint density at radius 1 is 1.38 bits per heavy atom. The van der Waals surface area contributed by atoms with Crippen LogP contribution in [0.1, 0.15) is 0 Å². The van der Waals surface area contributed by atoms with Gasteiger partial charge < -0.3 is 14.7 Å². The van der Waals surface area contributed by atoms with Gasteiger partial charge in [0.25, 0.3) is 0 Å². The summed E-state index contributed by atoms with van der Waals surface area (Å²) in [6, 6.07) is 0.697. The van der Waals surface area contributed by atoms with E-state index in [-0.39, 0.29) is 12.7 Å². The fourth-order valence-electron chi connectivity index (χ4n) is 2.08. The van der Waals surface area contributed by atoms with Gasteiger partial charge in [-0.1, -0.05) is 0 Å². The van der Waals surface area contributed by atoms with Gasteiger partial charge in [-0.3, -0.25) is 4.90 Å². The van der Waals surface area contributed by atoms with Crippen LogP contribution in [0.5, 0.6) is 0 Å². The van der Waals surface area contributed by atoms with Gasteiger partial charge in [0, 0.05) is 32.2 Å². The highest BCUT2D eigenvalue weighted by Gasteiger charge is 2.32. The minimum Gasteiger partial charge on any atom is -0.394 e. The zero-order chi connectivity index (χ0) is 9.26. The molecule has 2 rings (SSSR count). The van der Waals surface area contributed by atoms with E-state index in [0.29, 0.717) is 6.04 Å². The number of nitrogens with zero attached hydrogens (tertiary/aromatic N) is 2. The maximum atomic E-state index is 8.97. The van der Waals surface area contributed by atoms with Crippen LogP contribution in [0.3, 0.4) is 0 Å². The Labute approximate surface area is 79.1 Å². The van der Waals surface area contributed by atoms with Gasteiger partial charge in [-0.2, -0.15) is 0 Å². The second-order valence-electron chi connectivity index (χ2n) is 4.05. The summed E-state index contributed by atoms with van der Waals surface area (Å²) in [6.45, 7) is 5.17. The molecule has 0 radical (unpaired) electrons. The first-order chi connectivity index (χ1) is 6.29. The standard InChI is InChI=1S/C9H18N2O2/c1-10-4-8(5-10)11-2-3-13-9(6-11)7-12/h8-9,12H,2-7H2,1H3. The minimum absolute atomic E-state index is 0.0413. The Hall–Kier alpha value is -0.160. The van der Waals surface area contributed by atoms with Crippen molar-refractivity contribution in [2.24, 2.45) is 0 Å². The number of hydrogen-bond acceptors (Lipinski definition) is 4. The molecule has 1 unspecified atom stereocenters. The molecule has 76 valence electrons. The van der Waals surface area contributed by atoms with Crippen molar-refractivity contribution in [3.63, 3.8) is 0 Å². The molecule has 0 bridgehead atoms. The predicted molar refractivity (Wildman–Crippen MR) is 49.7 cm³/mol. The number of likely N-dealkylation sites (tertiary alicyclic amines) is 1. The van der Waals surface area contributed by atoms with Crippen LogP contribution >= 0.6 is 0 Å². The third kappa shape index (κ3) is 2.02. The second-order valence-corrected chi connectivity index (χ2v) is 4.05. The van der Waals surface area contributed by atoms with Crippen molar-refractivity contribution in [3.8, 4) is 0 Å². The van der Waals surface area contributed by atoms with E-state index in [1.54, 1.807) is 0 Å². The normalized spacial score (nSPS) is 33.2. The van der Waals surface area contributed by atoms with Crippen molar-refractivity contribution in [1.29, 1.82) is 0 Å². The number of hydrogen-bond donors (Lipinski definition) is 1. The molecule has 0 aromatic carbocycles. The second kappa shape index (κ2) is 3.92. The molecule has 2 aliphatic heterocycles. The Bertz CT molecular complexity index is 171. The molecule has 0 aromatic heterocycles. The molecule has 13 heavy (non-hydrogen) atoms. The van der Waals surface area contributed by atoms with Crippen molar-refractivity contribution >= 4 is 0 Å². The van der Waals surface area contributed by atoms with E-state index >= 15 is 0 Å². The van der Waals surface area contributed by atoms with Crippen LogP contribution in [0, 0.1) is 0 Å². The van der Waals surface area contributed by atoms with Crippen molar-refractivity contribution in [1.82, 2.24) is 9.80 Å². The first kappa shape index (κ1) is 9.40. The summed E-state index contributed by atoms with van der Waals surface area (Å²) in [7, 11) is 2.14. The predicted octanol–water partition coefficient (Wildman–Crippen LogP) is -1.01. The molecule has 4 nitrogen and oxygen atoms in total. The highest BCUT2D eigenvalue weighted by atomic mass is 16.5. The van der Waals surface area contributed by atoms with E-state index < -0.39 is 0 Å². The van der Waals surface area contributed by atoms with Gasteiger partial charge in [-0.25, -0.2) is 0 Å². The number of aliphatic hydroxyl groups excluding tert-OH is 1. The quantitative estimate of drug-likeness (QED) is 0.599. The lowest BCUT2D eigenvalue weighted by Crippen LogP contribution is -2.61. The fourth-order valence-corrected chi connectivity index (χ4v) is 2.08. The number of likely N-dealkylation sites (N-methyl/N-ethyl adjacent to an activating group) is 1. The first-order valence-electron chi connectivity index (χ1n) is 4.94. The zero-order valence-electron chi connectivity index (χ0n) is 8.15. The molecule has 2 saturated heterocycles. The third-order valence-electron chi connectivity index (χ3n) is 2.94. The fraction of sp³-hybridized carbons (Fsp3) is 1.00. The largest absolute Gasteiger partial charge is 0.394 e. The SMILES string of the molecule is CN1CC(N2CCOC(CO)C2)C1. The third-order valence-corrected chi connectivity index (χ3v) is 2.94. The van der Waals surface area contributed by atoms with Crippen LogP contribution in [0.4, 0.5) is 0 Å². The number of aliphatic hydroxyl groups is 1. The molecule has 0 amide bonds. The summed E-state index contributed by atoms with van der Waals surface area (Å²) in [5.41, 5.74) is 0. The lowest BCUT2D eigenvalue weighted by molar-refractivity contribution is -0.0838. The number of rotatable bonds is 2. The monoisotopic (exact) mass is 186 g/mol. The van der Waals surface area contributed by atoms with E-state index in [1.807, 2.05) is 0 Å². The zero-order valence-corrected chi connectivity index (χ0v) is 8.15. The molecule has 0 spiro atoms. The van der Waals surface area contributed by atoms with Gasteiger partial charge in [0.1, 0.15) is 0 Å². The number of ether oxygens (including phenoxy) is 1. The highest BCUT2D eigenvalue weighted by Crippen LogP contribution is 2.16. The van der Waals surface area contributed by atoms with Crippen LogP contribution in [-0.2, 0) is 4.74 Å². The van der Waals surface area contributed by atoms with Crippen LogP contribution in [0.2, 0.25) is 0 Å². The summed E-state index contributed by atoms with van der Waals surface area (Å²) in [4.78, 5) is 4.75. The Morgan fingerprint density at radius 2 is 2.15 bits per heavy atom. The van der Waals surface area contributed by atoms with Gasteiger partial charge in [0.05, 0.1) is 19.3 Å². The minimum atomic E-state index is 0.0413. The van der Waals surface area contributed by atoms with Gasteiger partial charge in [-0.15, -0.1) is 0 Å². The lowest BCUT2D eigenvalue weighted by atomic mass is 10.1. The summed E-state index contributed by atoms with van der Waals surface area (Å²) in [5.74, 6) is 0. The van der Waals surface area contributed by atoms with Gasteiger partial charge in [-0.05, 0) is 7.05 Å². The van der Waals surface area contributed by atoms with E-state index in [2.05, 4.69) is 16.8 Å². The van der Waals surface area contributed by atoms with E-state index in [1.165, 1.54) is 0 Å². The van der Waals surface area contributed by atoms with Crippen molar-refractivity contribution in [2.75, 3.05) is 46.4 Å². The van der Waals surface area contributed by atoms with Gasteiger partial charge >= 0.3 is 0 Å². The van der Waals surface area contributed by atoms with Gasteiger partial charge in [0.2, 0.25) is 0 Å². The molecule has 2 fully saturated rings. The topological polar surface area (TPSA) is 35.9 Å². The lowest BCUT2D eigenvalue weighted by Gasteiger charge is -2.46. The molecule has 1 N–H and O–H groups in total. The summed E-state index contributed by atoms with van der Waals surface area (Å²) in [5, 5.41) is 8.97. The summed E-state index contributed by atoms with van der Waals surface area (Å²) >= 11 is 0. The van der Waals surface area contributed by atoms with E-state index in [0.717, 1.165) is 32.8 Å². The summed E-state index contributed by atoms with van der Waals surface area (Å²) in [6.07, 6.45) is 0.0413. The van der Waals surface area contributed by atoms with E-state index in [4.69, 9.17) is 9.84 Å². The molecular weight excluding hydrogens is 168 g/mol. The van der Waals surface area contributed by atoms with Crippen LogP contribution < -0.4 is 0 Å². The number of morpholine rings is 1. The smallest absolute Gasteiger partial charge is 0.0933 e. The molecule has 4 heteroatoms. The molecule has 2 aliphatic rings. The molecule has 2 heterocycles. The van der Waals surface area contributed by atoms with Crippen LogP contribution in [0.25, 0.3) is 0 Å². The first-order valence-corrected chi connectivity index (χ1v) is 4.94. The van der Waals surface area contributed by atoms with Crippen molar-refractivity contribution in [3.05, 3.63) is 0 Å². The average Bonchev–Trinajstić information content (AvgIpc) is 2.13. The molecular formula is C9H18N2O2. The van der Waals surface area contributed by atoms with Crippen molar-refractivity contribution < 1.29 is 9.84 Å². The van der Waals surface area contributed by atoms with E-state index in [9.17, 15) is 0 Å². The Balaban J connectivity index is 1.79. The molecule has 1 atom stereocenters. The maximum Gasteiger partial charge on any atom is 0.0933 e.